The Morgan fingerprint density at radius 3 is 1.68 bits per heavy atom. The molecule has 0 amide bonds. The van der Waals surface area contributed by atoms with Crippen molar-refractivity contribution in [3.05, 3.63) is 17.0 Å². The van der Waals surface area contributed by atoms with Crippen molar-refractivity contribution >= 4 is 0 Å². The molecule has 2 heteroatoms. The van der Waals surface area contributed by atoms with E-state index in [2.05, 4.69) is 32.9 Å². The highest BCUT2D eigenvalue weighted by Crippen LogP contribution is 2.32. The van der Waals surface area contributed by atoms with Crippen LogP contribution in [0.4, 0.5) is 0 Å². The maximum Gasteiger partial charge on any atom is 0.137 e. The molecule has 0 bridgehead atoms. The largest absolute Gasteiger partial charge is 0.361 e. The molecule has 0 saturated carbocycles. The molecule has 0 aliphatic rings. The first kappa shape index (κ1) is 19.3. The number of aryl methyl sites for hydroxylation is 2. The van der Waals surface area contributed by atoms with Crippen molar-refractivity contribution in [3.63, 3.8) is 0 Å². The van der Waals surface area contributed by atoms with Gasteiger partial charge in [0.15, 0.2) is 0 Å². The first-order valence-electron chi connectivity index (χ1n) is 9.63. The molecule has 1 heterocycles. The summed E-state index contributed by atoms with van der Waals surface area (Å²) >= 11 is 0. The molecular formula is C20H37NO. The fraction of sp³-hybridized carbons (Fsp3) is 0.850. The van der Waals surface area contributed by atoms with Crippen LogP contribution in [0.3, 0.4) is 0 Å². The molecule has 0 aliphatic heterocycles. The SMILES string of the molecule is CCCCCCCC(CCCCCCC)c1c(C)noc1C. The van der Waals surface area contributed by atoms with Crippen LogP contribution in [0.25, 0.3) is 0 Å². The third-order valence-corrected chi connectivity index (χ3v) is 4.81. The van der Waals surface area contributed by atoms with Gasteiger partial charge >= 0.3 is 0 Å². The van der Waals surface area contributed by atoms with Gasteiger partial charge < -0.3 is 4.52 Å². The zero-order valence-corrected chi connectivity index (χ0v) is 15.4. The van der Waals surface area contributed by atoms with E-state index in [1.807, 2.05) is 0 Å². The summed E-state index contributed by atoms with van der Waals surface area (Å²) in [5, 5.41) is 4.18. The Kier molecular flexibility index (Phi) is 10.3. The minimum absolute atomic E-state index is 0.662. The summed E-state index contributed by atoms with van der Waals surface area (Å²) in [5.41, 5.74) is 2.52. The lowest BCUT2D eigenvalue weighted by Gasteiger charge is -2.17. The van der Waals surface area contributed by atoms with Crippen LogP contribution in [0.15, 0.2) is 4.52 Å². The van der Waals surface area contributed by atoms with Crippen LogP contribution in [-0.2, 0) is 0 Å². The predicted molar refractivity (Wildman–Crippen MR) is 95.5 cm³/mol. The van der Waals surface area contributed by atoms with Gasteiger partial charge in [0.25, 0.3) is 0 Å². The summed E-state index contributed by atoms with van der Waals surface area (Å²) in [6.07, 6.45) is 16.3. The molecule has 128 valence electrons. The summed E-state index contributed by atoms with van der Waals surface area (Å²) < 4.78 is 5.42. The molecule has 1 aromatic heterocycles. The van der Waals surface area contributed by atoms with E-state index in [9.17, 15) is 0 Å². The molecule has 0 N–H and O–H groups in total. The number of hydrogen-bond acceptors (Lipinski definition) is 2. The Morgan fingerprint density at radius 1 is 0.773 bits per heavy atom. The molecule has 2 nitrogen and oxygen atoms in total. The fourth-order valence-electron chi connectivity index (χ4n) is 3.49. The van der Waals surface area contributed by atoms with Gasteiger partial charge in [0.1, 0.15) is 5.76 Å². The third kappa shape index (κ3) is 6.98. The lowest BCUT2D eigenvalue weighted by molar-refractivity contribution is 0.389. The molecule has 1 aromatic rings. The van der Waals surface area contributed by atoms with E-state index in [4.69, 9.17) is 4.52 Å². The summed E-state index contributed by atoms with van der Waals surface area (Å²) in [7, 11) is 0. The number of aromatic nitrogens is 1. The van der Waals surface area contributed by atoms with E-state index < -0.39 is 0 Å². The van der Waals surface area contributed by atoms with Gasteiger partial charge in [0.2, 0.25) is 0 Å². The van der Waals surface area contributed by atoms with Gasteiger partial charge in [-0.25, -0.2) is 0 Å². The minimum Gasteiger partial charge on any atom is -0.361 e. The van der Waals surface area contributed by atoms with Crippen molar-refractivity contribution in [3.8, 4) is 0 Å². The molecule has 0 aliphatic carbocycles. The average molecular weight is 308 g/mol. The number of nitrogens with zero attached hydrogens (tertiary/aromatic N) is 1. The zero-order valence-electron chi connectivity index (χ0n) is 15.4. The molecule has 0 radical (unpaired) electrons. The Hall–Kier alpha value is -0.790. The maximum absolute atomic E-state index is 5.42. The Morgan fingerprint density at radius 2 is 1.27 bits per heavy atom. The molecule has 0 spiro atoms. The first-order valence-corrected chi connectivity index (χ1v) is 9.63. The topological polar surface area (TPSA) is 26.0 Å². The predicted octanol–water partition coefficient (Wildman–Crippen LogP) is 7.10. The van der Waals surface area contributed by atoms with Gasteiger partial charge in [-0.05, 0) is 32.6 Å². The molecule has 22 heavy (non-hydrogen) atoms. The van der Waals surface area contributed by atoms with Crippen LogP contribution in [0, 0.1) is 13.8 Å². The first-order chi connectivity index (χ1) is 10.7. The normalized spacial score (nSPS) is 11.5. The van der Waals surface area contributed by atoms with Gasteiger partial charge in [-0.2, -0.15) is 0 Å². The fourth-order valence-corrected chi connectivity index (χ4v) is 3.49. The van der Waals surface area contributed by atoms with Crippen LogP contribution < -0.4 is 0 Å². The standard InChI is InChI=1S/C20H37NO/c1-5-7-9-11-13-15-19(16-14-12-10-8-6-2)20-17(3)21-22-18(20)4/h19H,5-16H2,1-4H3. The van der Waals surface area contributed by atoms with Crippen molar-refractivity contribution < 1.29 is 4.52 Å². The molecule has 0 fully saturated rings. The van der Waals surface area contributed by atoms with E-state index >= 15 is 0 Å². The highest BCUT2D eigenvalue weighted by molar-refractivity contribution is 5.25. The molecular weight excluding hydrogens is 270 g/mol. The van der Waals surface area contributed by atoms with Crippen LogP contribution in [-0.4, -0.2) is 5.16 Å². The van der Waals surface area contributed by atoms with E-state index in [0.29, 0.717) is 5.92 Å². The van der Waals surface area contributed by atoms with E-state index in [0.717, 1.165) is 11.5 Å². The van der Waals surface area contributed by atoms with Crippen molar-refractivity contribution in [2.45, 2.75) is 111 Å². The maximum atomic E-state index is 5.42. The second kappa shape index (κ2) is 11.7. The van der Waals surface area contributed by atoms with Gasteiger partial charge in [-0.15, -0.1) is 0 Å². The Balaban J connectivity index is 2.46. The van der Waals surface area contributed by atoms with Gasteiger partial charge in [-0.1, -0.05) is 83.2 Å². The number of rotatable bonds is 13. The molecule has 1 rings (SSSR count). The highest BCUT2D eigenvalue weighted by Gasteiger charge is 2.19. The van der Waals surface area contributed by atoms with Crippen molar-refractivity contribution in [1.29, 1.82) is 0 Å². The Bertz CT molecular complexity index is 350. The summed E-state index contributed by atoms with van der Waals surface area (Å²) in [5.74, 6) is 1.71. The second-order valence-electron chi connectivity index (χ2n) is 6.84. The van der Waals surface area contributed by atoms with Crippen LogP contribution in [0.2, 0.25) is 0 Å². The number of hydrogen-bond donors (Lipinski definition) is 0. The van der Waals surface area contributed by atoms with Crippen LogP contribution in [0.5, 0.6) is 0 Å². The number of unbranched alkanes of at least 4 members (excludes halogenated alkanes) is 8. The van der Waals surface area contributed by atoms with Gasteiger partial charge in [0, 0.05) is 5.56 Å². The summed E-state index contributed by atoms with van der Waals surface area (Å²) in [6, 6.07) is 0. The quantitative estimate of drug-likeness (QED) is 0.363. The van der Waals surface area contributed by atoms with Crippen molar-refractivity contribution in [1.82, 2.24) is 5.16 Å². The lowest BCUT2D eigenvalue weighted by Crippen LogP contribution is -2.02. The van der Waals surface area contributed by atoms with Crippen molar-refractivity contribution in [2.75, 3.05) is 0 Å². The van der Waals surface area contributed by atoms with Gasteiger partial charge in [-0.3, -0.25) is 0 Å². The van der Waals surface area contributed by atoms with Crippen LogP contribution >= 0.6 is 0 Å². The lowest BCUT2D eigenvalue weighted by atomic mass is 9.87. The Labute approximate surface area is 138 Å². The summed E-state index contributed by atoms with van der Waals surface area (Å²) in [4.78, 5) is 0. The van der Waals surface area contributed by atoms with Crippen molar-refractivity contribution in [2.24, 2.45) is 0 Å². The molecule has 0 atom stereocenters. The zero-order chi connectivity index (χ0) is 16.2. The van der Waals surface area contributed by atoms with E-state index in [1.165, 1.54) is 82.6 Å². The molecule has 0 aromatic carbocycles. The van der Waals surface area contributed by atoms with Crippen LogP contribution in [0.1, 0.15) is 114 Å². The van der Waals surface area contributed by atoms with E-state index in [-0.39, 0.29) is 0 Å². The monoisotopic (exact) mass is 307 g/mol. The average Bonchev–Trinajstić information content (AvgIpc) is 2.84. The molecule has 0 unspecified atom stereocenters. The highest BCUT2D eigenvalue weighted by atomic mass is 16.5. The third-order valence-electron chi connectivity index (χ3n) is 4.81. The summed E-state index contributed by atoms with van der Waals surface area (Å²) in [6.45, 7) is 8.75. The minimum atomic E-state index is 0.662. The van der Waals surface area contributed by atoms with E-state index in [1.54, 1.807) is 0 Å². The van der Waals surface area contributed by atoms with Gasteiger partial charge in [0.05, 0.1) is 5.69 Å². The molecule has 0 saturated heterocycles. The smallest absolute Gasteiger partial charge is 0.137 e. The second-order valence-corrected chi connectivity index (χ2v) is 6.84.